The quantitative estimate of drug-likeness (QED) is 0.0212. The highest BCUT2D eigenvalue weighted by molar-refractivity contribution is 7.45. The zero-order chi connectivity index (χ0) is 57.9. The molecule has 3 atom stereocenters. The molecule has 0 saturated carbocycles. The van der Waals surface area contributed by atoms with E-state index in [1.54, 1.807) is 0 Å². The summed E-state index contributed by atoms with van der Waals surface area (Å²) in [5.74, 6) is -0.556. The van der Waals surface area contributed by atoms with Crippen molar-refractivity contribution in [3.8, 4) is 0 Å². The Hall–Kier alpha value is -2.81. The van der Waals surface area contributed by atoms with Crippen LogP contribution in [0, 0.1) is 0 Å². The van der Waals surface area contributed by atoms with Crippen molar-refractivity contribution in [3.05, 3.63) is 85.1 Å². The molecule has 0 aliphatic heterocycles. The van der Waals surface area contributed by atoms with E-state index in [0.717, 1.165) is 109 Å². The Kier molecular flexibility index (Phi) is 56.3. The molecular formula is C69H125N2O7P. The number of esters is 1. The van der Waals surface area contributed by atoms with Gasteiger partial charge in [-0.1, -0.05) is 254 Å². The first-order valence-corrected chi connectivity index (χ1v) is 34.4. The van der Waals surface area contributed by atoms with Crippen molar-refractivity contribution >= 4 is 19.7 Å². The molecule has 0 aliphatic carbocycles. The molecule has 1 amide bonds. The van der Waals surface area contributed by atoms with Gasteiger partial charge in [0.25, 0.3) is 7.82 Å². The van der Waals surface area contributed by atoms with Crippen molar-refractivity contribution in [2.24, 2.45) is 0 Å². The number of carbonyl (C=O) groups excluding carboxylic acids is 2. The Morgan fingerprint density at radius 1 is 0.443 bits per heavy atom. The van der Waals surface area contributed by atoms with E-state index in [2.05, 4.69) is 99.0 Å². The molecule has 0 heterocycles. The molecule has 1 N–H and O–H groups in total. The highest BCUT2D eigenvalue weighted by Crippen LogP contribution is 2.38. The predicted molar refractivity (Wildman–Crippen MR) is 339 cm³/mol. The van der Waals surface area contributed by atoms with Gasteiger partial charge in [-0.15, -0.1) is 0 Å². The molecule has 0 aliphatic rings. The fourth-order valence-electron chi connectivity index (χ4n) is 9.18. The second-order valence-electron chi connectivity index (χ2n) is 23.3. The maximum absolute atomic E-state index is 13.5. The number of amides is 1. The van der Waals surface area contributed by atoms with E-state index < -0.39 is 26.6 Å². The number of likely N-dealkylation sites (N-methyl/N-ethyl adjacent to an activating group) is 1. The lowest BCUT2D eigenvalue weighted by Crippen LogP contribution is -2.47. The molecule has 0 rings (SSSR count). The van der Waals surface area contributed by atoms with Crippen LogP contribution in [0.3, 0.4) is 0 Å². The molecule has 0 spiro atoms. The van der Waals surface area contributed by atoms with Gasteiger partial charge in [-0.05, 0) is 109 Å². The molecule has 0 aromatic carbocycles. The number of allylic oxidation sites excluding steroid dienone is 13. The highest BCUT2D eigenvalue weighted by Gasteiger charge is 2.27. The number of unbranched alkanes of at least 4 members (excludes halogenated alkanes) is 31. The van der Waals surface area contributed by atoms with E-state index >= 15 is 0 Å². The van der Waals surface area contributed by atoms with Crippen LogP contribution in [-0.4, -0.2) is 69.4 Å². The van der Waals surface area contributed by atoms with E-state index in [1.807, 2.05) is 33.3 Å². The zero-order valence-corrected chi connectivity index (χ0v) is 53.2. The van der Waals surface area contributed by atoms with Gasteiger partial charge in [-0.3, -0.25) is 14.2 Å². The number of quaternary nitrogens is 1. The van der Waals surface area contributed by atoms with Gasteiger partial charge in [0, 0.05) is 12.8 Å². The Balaban J connectivity index is 5.13. The third kappa shape index (κ3) is 59.6. The summed E-state index contributed by atoms with van der Waals surface area (Å²) in [5.41, 5.74) is 0. The molecular weight excluding hydrogens is 1000 g/mol. The van der Waals surface area contributed by atoms with E-state index in [4.69, 9.17) is 13.8 Å². The van der Waals surface area contributed by atoms with Crippen LogP contribution < -0.4 is 10.2 Å². The summed E-state index contributed by atoms with van der Waals surface area (Å²) in [4.78, 5) is 40.0. The van der Waals surface area contributed by atoms with E-state index in [-0.39, 0.29) is 24.9 Å². The number of rotatable bonds is 59. The first-order chi connectivity index (χ1) is 38.4. The maximum Gasteiger partial charge on any atom is 0.306 e. The number of carbonyl (C=O) groups is 2. The number of hydrogen-bond donors (Lipinski definition) is 1. The molecule has 458 valence electrons. The van der Waals surface area contributed by atoms with Crippen LogP contribution in [0.2, 0.25) is 0 Å². The number of hydrogen-bond acceptors (Lipinski definition) is 7. The number of nitrogens with zero attached hydrogens (tertiary/aromatic N) is 1. The average molecular weight is 1130 g/mol. The van der Waals surface area contributed by atoms with E-state index in [1.165, 1.54) is 148 Å². The molecule has 0 radical (unpaired) electrons. The van der Waals surface area contributed by atoms with Crippen LogP contribution in [0.4, 0.5) is 0 Å². The fraction of sp³-hybridized carbons (Fsp3) is 0.768. The predicted octanol–water partition coefficient (Wildman–Crippen LogP) is 19.9. The van der Waals surface area contributed by atoms with Gasteiger partial charge in [0.05, 0.1) is 33.8 Å². The minimum Gasteiger partial charge on any atom is -0.756 e. The lowest BCUT2D eigenvalue weighted by atomic mass is 10.0. The van der Waals surface area contributed by atoms with E-state index in [9.17, 15) is 19.0 Å². The van der Waals surface area contributed by atoms with Gasteiger partial charge in [-0.2, -0.15) is 0 Å². The van der Waals surface area contributed by atoms with E-state index in [0.29, 0.717) is 17.4 Å². The van der Waals surface area contributed by atoms with Crippen LogP contribution in [0.1, 0.15) is 290 Å². The maximum atomic E-state index is 13.5. The van der Waals surface area contributed by atoms with Crippen molar-refractivity contribution in [1.29, 1.82) is 0 Å². The third-order valence-electron chi connectivity index (χ3n) is 14.3. The van der Waals surface area contributed by atoms with Gasteiger partial charge in [0.15, 0.2) is 0 Å². The molecule has 0 saturated heterocycles. The molecule has 0 fully saturated rings. The standard InChI is InChI=1S/C69H125N2O7P/c1-7-10-13-16-19-22-25-27-29-31-32-33-34-35-36-37-38-40-42-44-47-50-53-56-59-62-69(73)78-67(60-57-54-51-48-45-24-21-18-15-12-9-3)66(65-77-79(74,75)76-64-63-71(4,5)6)70-68(72)61-58-55-52-49-46-43-41-39-30-28-26-23-20-17-14-11-8-2/h19-20,22-23,27-30,32-33,35-36,57,60,66-67H,7-18,21,24-26,31,34,37-56,58-59,61-65H2,1-6H3,(H-,70,72,74,75)/b22-19-,23-20-,29-27-,30-28-,33-32-,36-35-,60-57-. The Bertz CT molecular complexity index is 1630. The topological polar surface area (TPSA) is 114 Å². The minimum atomic E-state index is -4.71. The molecule has 79 heavy (non-hydrogen) atoms. The summed E-state index contributed by atoms with van der Waals surface area (Å²) in [5, 5.41) is 3.03. The van der Waals surface area contributed by atoms with Crippen LogP contribution in [0.25, 0.3) is 0 Å². The molecule has 0 bridgehead atoms. The molecule has 3 unspecified atom stereocenters. The van der Waals surface area contributed by atoms with Crippen LogP contribution >= 0.6 is 7.82 Å². The summed E-state index contributed by atoms with van der Waals surface area (Å²) in [7, 11) is 1.17. The van der Waals surface area contributed by atoms with Gasteiger partial charge < -0.3 is 28.5 Å². The van der Waals surface area contributed by atoms with Crippen LogP contribution in [0.5, 0.6) is 0 Å². The first kappa shape index (κ1) is 76.2. The third-order valence-corrected chi connectivity index (χ3v) is 15.3. The van der Waals surface area contributed by atoms with Crippen molar-refractivity contribution in [3.63, 3.8) is 0 Å². The van der Waals surface area contributed by atoms with Gasteiger partial charge in [0.2, 0.25) is 5.91 Å². The van der Waals surface area contributed by atoms with Crippen molar-refractivity contribution in [2.45, 2.75) is 303 Å². The first-order valence-electron chi connectivity index (χ1n) is 32.9. The summed E-state index contributed by atoms with van der Waals surface area (Å²) in [6.07, 6.45) is 76.9. The number of nitrogens with one attached hydrogen (secondary N) is 1. The zero-order valence-electron chi connectivity index (χ0n) is 52.3. The fourth-order valence-corrected chi connectivity index (χ4v) is 9.91. The smallest absolute Gasteiger partial charge is 0.306 e. The second kappa shape index (κ2) is 58.4. The molecule has 9 nitrogen and oxygen atoms in total. The summed E-state index contributed by atoms with van der Waals surface area (Å²) >= 11 is 0. The van der Waals surface area contributed by atoms with Crippen molar-refractivity contribution in [1.82, 2.24) is 5.32 Å². The molecule has 10 heteroatoms. The Morgan fingerprint density at radius 2 is 0.772 bits per heavy atom. The SMILES string of the molecule is CCCCC/C=C\C/C=C\C/C=C\C/C=C\CCCCCCCCCCCC(=O)OC(/C=C\CCCCCCCCCCC)C(COP(=O)([O-])OCC[N+](C)(C)C)NC(=O)CCCCCCCCC/C=C\C/C=C\CCCCC. The summed E-state index contributed by atoms with van der Waals surface area (Å²) in [6, 6.07) is -0.899. The van der Waals surface area contributed by atoms with Crippen molar-refractivity contribution in [2.75, 3.05) is 40.9 Å². The monoisotopic (exact) mass is 1120 g/mol. The molecule has 0 aromatic heterocycles. The van der Waals surface area contributed by atoms with Crippen LogP contribution in [-0.2, 0) is 27.9 Å². The summed E-state index contributed by atoms with van der Waals surface area (Å²) < 4.78 is 30.3. The Morgan fingerprint density at radius 3 is 1.18 bits per heavy atom. The number of phosphoric acid groups is 1. The lowest BCUT2D eigenvalue weighted by molar-refractivity contribution is -0.870. The van der Waals surface area contributed by atoms with Crippen LogP contribution in [0.15, 0.2) is 85.1 Å². The average Bonchev–Trinajstić information content (AvgIpc) is 3.41. The Labute approximate surface area is 488 Å². The van der Waals surface area contributed by atoms with Gasteiger partial charge >= 0.3 is 5.97 Å². The van der Waals surface area contributed by atoms with Gasteiger partial charge in [0.1, 0.15) is 19.3 Å². The molecule has 0 aromatic rings. The lowest BCUT2D eigenvalue weighted by Gasteiger charge is -2.30. The summed E-state index contributed by atoms with van der Waals surface area (Å²) in [6.45, 7) is 6.78. The normalized spacial score (nSPS) is 14.2. The largest absolute Gasteiger partial charge is 0.756 e. The number of ether oxygens (including phenoxy) is 1. The minimum absolute atomic E-state index is 0.0279. The highest BCUT2D eigenvalue weighted by atomic mass is 31.2. The van der Waals surface area contributed by atoms with Crippen molar-refractivity contribution < 1.29 is 37.3 Å². The second-order valence-corrected chi connectivity index (χ2v) is 24.7. The van der Waals surface area contributed by atoms with Gasteiger partial charge in [-0.25, -0.2) is 0 Å². The number of phosphoric ester groups is 1.